The zero-order valence-electron chi connectivity index (χ0n) is 12.7. The van der Waals surface area contributed by atoms with Crippen LogP contribution in [0.5, 0.6) is 6.01 Å². The molecule has 1 aromatic heterocycles. The predicted octanol–water partition coefficient (Wildman–Crippen LogP) is 1.16. The van der Waals surface area contributed by atoms with Crippen LogP contribution in [0.4, 0.5) is 11.9 Å². The number of rotatable bonds is 11. The third-order valence-electron chi connectivity index (χ3n) is 2.52. The van der Waals surface area contributed by atoms with E-state index < -0.39 is 0 Å². The lowest BCUT2D eigenvalue weighted by Crippen LogP contribution is -2.13. The molecule has 0 radical (unpaired) electrons. The van der Waals surface area contributed by atoms with Gasteiger partial charge in [0.2, 0.25) is 17.8 Å². The largest absolute Gasteiger partial charge is 0.463 e. The number of nitrogens with one attached hydrogen (secondary N) is 2. The van der Waals surface area contributed by atoms with Gasteiger partial charge in [-0.15, -0.1) is 0 Å². The van der Waals surface area contributed by atoms with Crippen LogP contribution in [0.25, 0.3) is 0 Å². The smallest absolute Gasteiger partial charge is 0.323 e. The van der Waals surface area contributed by atoms with E-state index in [1.165, 1.54) is 0 Å². The van der Waals surface area contributed by atoms with Gasteiger partial charge in [0.25, 0.3) is 0 Å². The second kappa shape index (κ2) is 9.73. The minimum Gasteiger partial charge on any atom is -0.463 e. The van der Waals surface area contributed by atoms with Crippen LogP contribution in [-0.2, 0) is 4.79 Å². The number of ether oxygens (including phenoxy) is 1. The molecule has 0 aliphatic carbocycles. The zero-order chi connectivity index (χ0) is 15.5. The van der Waals surface area contributed by atoms with Gasteiger partial charge in [-0.3, -0.25) is 4.79 Å². The molecule has 1 amide bonds. The first-order chi connectivity index (χ1) is 10.2. The number of nitrogens with two attached hydrogens (primary N) is 1. The lowest BCUT2D eigenvalue weighted by atomic mass is 10.2. The van der Waals surface area contributed by atoms with Gasteiger partial charge in [-0.2, -0.15) is 15.0 Å². The van der Waals surface area contributed by atoms with E-state index in [0.717, 1.165) is 25.8 Å². The Morgan fingerprint density at radius 2 is 1.86 bits per heavy atom. The number of aromatic nitrogens is 3. The van der Waals surface area contributed by atoms with Crippen LogP contribution in [-0.4, -0.2) is 40.6 Å². The topological polar surface area (TPSA) is 115 Å². The molecule has 0 aliphatic heterocycles. The SMILES string of the molecule is CCCOc1nc(NCC)nc(NCCCCC(N)=O)n1. The molecule has 21 heavy (non-hydrogen) atoms. The predicted molar refractivity (Wildman–Crippen MR) is 81.3 cm³/mol. The van der Waals surface area contributed by atoms with Crippen molar-refractivity contribution in [3.63, 3.8) is 0 Å². The number of unbranched alkanes of at least 4 members (excludes halogenated alkanes) is 1. The average molecular weight is 296 g/mol. The van der Waals surface area contributed by atoms with Crippen molar-refractivity contribution in [2.24, 2.45) is 5.73 Å². The number of amides is 1. The van der Waals surface area contributed by atoms with E-state index in [1.807, 2.05) is 13.8 Å². The normalized spacial score (nSPS) is 10.2. The highest BCUT2D eigenvalue weighted by atomic mass is 16.5. The van der Waals surface area contributed by atoms with Crippen LogP contribution >= 0.6 is 0 Å². The first-order valence-corrected chi connectivity index (χ1v) is 7.30. The molecule has 0 saturated carbocycles. The van der Waals surface area contributed by atoms with Gasteiger partial charge < -0.3 is 21.1 Å². The van der Waals surface area contributed by atoms with Crippen molar-refractivity contribution in [3.05, 3.63) is 0 Å². The van der Waals surface area contributed by atoms with Crippen LogP contribution in [0.1, 0.15) is 39.5 Å². The Balaban J connectivity index is 2.53. The van der Waals surface area contributed by atoms with Crippen molar-refractivity contribution >= 4 is 17.8 Å². The van der Waals surface area contributed by atoms with E-state index in [-0.39, 0.29) is 5.91 Å². The summed E-state index contributed by atoms with van der Waals surface area (Å²) in [4.78, 5) is 23.3. The first-order valence-electron chi connectivity index (χ1n) is 7.30. The van der Waals surface area contributed by atoms with E-state index in [1.54, 1.807) is 0 Å². The Hall–Kier alpha value is -2.12. The van der Waals surface area contributed by atoms with E-state index in [9.17, 15) is 4.79 Å². The highest BCUT2D eigenvalue weighted by Crippen LogP contribution is 2.11. The number of hydrogen-bond acceptors (Lipinski definition) is 7. The summed E-state index contributed by atoms with van der Waals surface area (Å²) in [6.07, 6.45) is 2.84. The molecule has 8 heteroatoms. The molecule has 0 unspecified atom stereocenters. The quantitative estimate of drug-likeness (QED) is 0.525. The first kappa shape index (κ1) is 16.9. The molecular weight excluding hydrogens is 272 g/mol. The summed E-state index contributed by atoms with van der Waals surface area (Å²) >= 11 is 0. The van der Waals surface area contributed by atoms with Gasteiger partial charge in [-0.25, -0.2) is 0 Å². The third-order valence-corrected chi connectivity index (χ3v) is 2.52. The third kappa shape index (κ3) is 7.28. The van der Waals surface area contributed by atoms with Crippen LogP contribution < -0.4 is 21.1 Å². The van der Waals surface area contributed by atoms with Gasteiger partial charge in [-0.1, -0.05) is 6.92 Å². The molecule has 4 N–H and O–H groups in total. The number of anilines is 2. The molecule has 0 bridgehead atoms. The molecule has 0 aromatic carbocycles. The summed E-state index contributed by atoms with van der Waals surface area (Å²) in [6, 6.07) is 0.308. The van der Waals surface area contributed by atoms with Crippen LogP contribution in [0.3, 0.4) is 0 Å². The number of nitrogens with zero attached hydrogens (tertiary/aromatic N) is 3. The number of carbonyl (C=O) groups excluding carboxylic acids is 1. The van der Waals surface area contributed by atoms with Gasteiger partial charge in [-0.05, 0) is 26.2 Å². The van der Waals surface area contributed by atoms with E-state index in [4.69, 9.17) is 10.5 Å². The summed E-state index contributed by atoms with van der Waals surface area (Å²) in [7, 11) is 0. The van der Waals surface area contributed by atoms with Crippen molar-refractivity contribution in [1.29, 1.82) is 0 Å². The monoisotopic (exact) mass is 296 g/mol. The molecule has 1 rings (SSSR count). The van der Waals surface area contributed by atoms with Crippen molar-refractivity contribution < 1.29 is 9.53 Å². The summed E-state index contributed by atoms with van der Waals surface area (Å²) in [5.41, 5.74) is 5.09. The maximum Gasteiger partial charge on any atom is 0.323 e. The lowest BCUT2D eigenvalue weighted by molar-refractivity contribution is -0.118. The van der Waals surface area contributed by atoms with Gasteiger partial charge in [0, 0.05) is 19.5 Å². The summed E-state index contributed by atoms with van der Waals surface area (Å²) < 4.78 is 5.44. The maximum atomic E-state index is 10.6. The molecule has 8 nitrogen and oxygen atoms in total. The van der Waals surface area contributed by atoms with Crippen LogP contribution in [0, 0.1) is 0 Å². The molecule has 1 heterocycles. The van der Waals surface area contributed by atoms with Gasteiger partial charge in [0.05, 0.1) is 6.61 Å². The van der Waals surface area contributed by atoms with Gasteiger partial charge >= 0.3 is 6.01 Å². The van der Waals surface area contributed by atoms with Crippen LogP contribution in [0.15, 0.2) is 0 Å². The fourth-order valence-corrected chi connectivity index (χ4v) is 1.56. The molecule has 0 saturated heterocycles. The average Bonchev–Trinajstić information content (AvgIpc) is 2.44. The van der Waals surface area contributed by atoms with E-state index in [0.29, 0.717) is 37.5 Å². The maximum absolute atomic E-state index is 10.6. The number of primary amides is 1. The second-order valence-electron chi connectivity index (χ2n) is 4.49. The Kier molecular flexibility index (Phi) is 7.85. The number of hydrogen-bond donors (Lipinski definition) is 3. The lowest BCUT2D eigenvalue weighted by Gasteiger charge is -2.09. The molecule has 0 spiro atoms. The Bertz CT molecular complexity index is 441. The van der Waals surface area contributed by atoms with Crippen LogP contribution in [0.2, 0.25) is 0 Å². The fraction of sp³-hybridized carbons (Fsp3) is 0.692. The molecule has 0 atom stereocenters. The number of carbonyl (C=O) groups is 1. The minimum atomic E-state index is -0.278. The fourth-order valence-electron chi connectivity index (χ4n) is 1.56. The molecular formula is C13H24N6O2. The Labute approximate surface area is 124 Å². The standard InChI is InChI=1S/C13H24N6O2/c1-3-9-21-13-18-11(15-4-2)17-12(19-13)16-8-6-5-7-10(14)20/h3-9H2,1-2H3,(H2,14,20)(H2,15,16,17,18,19). The molecule has 1 aromatic rings. The summed E-state index contributed by atoms with van der Waals surface area (Å²) in [5.74, 6) is 0.671. The van der Waals surface area contributed by atoms with Crippen molar-refractivity contribution in [1.82, 2.24) is 15.0 Å². The Morgan fingerprint density at radius 3 is 2.48 bits per heavy atom. The molecule has 0 fully saturated rings. The second-order valence-corrected chi connectivity index (χ2v) is 4.49. The van der Waals surface area contributed by atoms with E-state index >= 15 is 0 Å². The minimum absolute atomic E-state index is 0.278. The van der Waals surface area contributed by atoms with Crippen molar-refractivity contribution in [3.8, 4) is 6.01 Å². The van der Waals surface area contributed by atoms with Gasteiger partial charge in [0.15, 0.2) is 0 Å². The highest BCUT2D eigenvalue weighted by Gasteiger charge is 2.06. The zero-order valence-corrected chi connectivity index (χ0v) is 12.7. The summed E-state index contributed by atoms with van der Waals surface area (Å²) in [5, 5.41) is 6.14. The highest BCUT2D eigenvalue weighted by molar-refractivity contribution is 5.73. The van der Waals surface area contributed by atoms with Crippen molar-refractivity contribution in [2.75, 3.05) is 30.3 Å². The van der Waals surface area contributed by atoms with E-state index in [2.05, 4.69) is 25.6 Å². The molecule has 118 valence electrons. The molecule has 0 aliphatic rings. The summed E-state index contributed by atoms with van der Waals surface area (Å²) in [6.45, 7) is 5.93. The van der Waals surface area contributed by atoms with Crippen molar-refractivity contribution in [2.45, 2.75) is 39.5 Å². The Morgan fingerprint density at radius 1 is 1.14 bits per heavy atom. The van der Waals surface area contributed by atoms with Gasteiger partial charge in [0.1, 0.15) is 0 Å².